The van der Waals surface area contributed by atoms with Crippen molar-refractivity contribution in [3.63, 3.8) is 0 Å². The Hall–Kier alpha value is -2.35. The number of carbonyl (C=O) groups excluding carboxylic acids is 1. The molecule has 4 N–H and O–H groups in total. The molecule has 1 amide bonds. The van der Waals surface area contributed by atoms with E-state index >= 15 is 0 Å². The average Bonchev–Trinajstić information content (AvgIpc) is 2.49. The molecule has 0 radical (unpaired) electrons. The van der Waals surface area contributed by atoms with Crippen LogP contribution in [-0.2, 0) is 4.74 Å². The summed E-state index contributed by atoms with van der Waals surface area (Å²) in [6.07, 6.45) is -1.62. The number of carbonyl (C=O) groups is 1. The predicted octanol–water partition coefficient (Wildman–Crippen LogP) is 1.91. The fourth-order valence-corrected chi connectivity index (χ4v) is 1.68. The first-order chi connectivity index (χ1) is 11.2. The molecule has 1 rings (SSSR count). The molecule has 0 saturated carbocycles. The maximum atomic E-state index is 12.0. The number of nitrogens with one attached hydrogen (secondary N) is 1. The number of amides is 1. The van der Waals surface area contributed by atoms with E-state index in [1.165, 1.54) is 0 Å². The molecule has 0 fully saturated rings. The van der Waals surface area contributed by atoms with Crippen LogP contribution in [-0.4, -0.2) is 42.6 Å². The summed E-state index contributed by atoms with van der Waals surface area (Å²) in [6.45, 7) is 4.56. The largest absolute Gasteiger partial charge is 0.491 e. The maximum Gasteiger partial charge on any atom is 0.414 e. The number of benzene rings is 1. The Morgan fingerprint density at radius 3 is 2.54 bits per heavy atom. The molecule has 1 unspecified atom stereocenters. The van der Waals surface area contributed by atoms with Crippen molar-refractivity contribution in [2.45, 2.75) is 32.5 Å². The number of alkyl carbamates (subject to hydrolysis) is 1. The van der Waals surface area contributed by atoms with E-state index in [1.807, 2.05) is 0 Å². The topological polar surface area (TPSA) is 106 Å². The van der Waals surface area contributed by atoms with E-state index in [4.69, 9.17) is 15.2 Å². The zero-order valence-electron chi connectivity index (χ0n) is 14.1. The van der Waals surface area contributed by atoms with Gasteiger partial charge in [0.05, 0.1) is 12.6 Å². The molecule has 0 saturated heterocycles. The predicted molar refractivity (Wildman–Crippen MR) is 88.7 cm³/mol. The highest BCUT2D eigenvalue weighted by molar-refractivity contribution is 5.92. The molecule has 7 nitrogen and oxygen atoms in total. The van der Waals surface area contributed by atoms with Crippen molar-refractivity contribution >= 4 is 12.1 Å². The number of aliphatic hydroxyl groups excluding tert-OH is 1. The van der Waals surface area contributed by atoms with Crippen LogP contribution < -0.4 is 15.8 Å². The Morgan fingerprint density at radius 2 is 2.00 bits per heavy atom. The number of hydrogen-bond donors (Lipinski definition) is 3. The summed E-state index contributed by atoms with van der Waals surface area (Å²) in [5, 5.41) is 12.3. The molecule has 0 aromatic heterocycles. The summed E-state index contributed by atoms with van der Waals surface area (Å²) in [4.78, 5) is 15.4. The number of nitrogens with two attached hydrogens (primary N) is 1. The van der Waals surface area contributed by atoms with E-state index in [2.05, 4.69) is 10.3 Å². The SMILES string of the molecule is CC(C)(C)OC(=O)NC(N)=NCC(O)c1ccc(OCCF)cc1. The number of alkyl halides is 1. The molecule has 1 aromatic rings. The van der Waals surface area contributed by atoms with Gasteiger partial charge in [-0.05, 0) is 38.5 Å². The van der Waals surface area contributed by atoms with Gasteiger partial charge >= 0.3 is 6.09 Å². The normalized spacial score (nSPS) is 13.3. The molecule has 1 atom stereocenters. The minimum absolute atomic E-state index is 0.0148. The number of rotatable bonds is 6. The van der Waals surface area contributed by atoms with Gasteiger partial charge in [-0.3, -0.25) is 5.32 Å². The minimum Gasteiger partial charge on any atom is -0.491 e. The molecule has 0 heterocycles. The van der Waals surface area contributed by atoms with Gasteiger partial charge in [-0.1, -0.05) is 12.1 Å². The molecular formula is C16H24FN3O4. The zero-order chi connectivity index (χ0) is 18.2. The van der Waals surface area contributed by atoms with Gasteiger partial charge in [0.15, 0.2) is 5.96 Å². The molecule has 0 aliphatic rings. The number of guanidine groups is 1. The molecular weight excluding hydrogens is 317 g/mol. The quantitative estimate of drug-likeness (QED) is 0.541. The molecule has 24 heavy (non-hydrogen) atoms. The van der Waals surface area contributed by atoms with Crippen LogP contribution in [0.15, 0.2) is 29.3 Å². The smallest absolute Gasteiger partial charge is 0.414 e. The molecule has 0 spiro atoms. The Balaban J connectivity index is 2.51. The highest BCUT2D eigenvalue weighted by Crippen LogP contribution is 2.18. The van der Waals surface area contributed by atoms with Crippen LogP contribution in [0.5, 0.6) is 5.75 Å². The van der Waals surface area contributed by atoms with Crippen LogP contribution in [0.2, 0.25) is 0 Å². The number of ether oxygens (including phenoxy) is 2. The Morgan fingerprint density at radius 1 is 1.38 bits per heavy atom. The van der Waals surface area contributed by atoms with Crippen molar-refractivity contribution in [1.29, 1.82) is 0 Å². The van der Waals surface area contributed by atoms with Crippen LogP contribution >= 0.6 is 0 Å². The Bertz CT molecular complexity index is 555. The van der Waals surface area contributed by atoms with Crippen molar-refractivity contribution in [2.75, 3.05) is 19.8 Å². The van der Waals surface area contributed by atoms with Crippen LogP contribution in [0.1, 0.15) is 32.4 Å². The summed E-state index contributed by atoms with van der Waals surface area (Å²) in [5.74, 6) is 0.365. The number of nitrogens with zero attached hydrogens (tertiary/aromatic N) is 1. The summed E-state index contributed by atoms with van der Waals surface area (Å²) in [7, 11) is 0. The summed E-state index contributed by atoms with van der Waals surface area (Å²) in [5.41, 5.74) is 5.52. The standard InChI is InChI=1S/C16H24FN3O4/c1-16(2,3)24-15(22)20-14(18)19-10-13(21)11-4-6-12(7-5-11)23-9-8-17/h4-7,13,21H,8-10H2,1-3H3,(H3,18,19,20,22). The number of halogens is 1. The molecule has 134 valence electrons. The van der Waals surface area contributed by atoms with E-state index in [-0.39, 0.29) is 19.1 Å². The third-order valence-electron chi connectivity index (χ3n) is 2.67. The van der Waals surface area contributed by atoms with Gasteiger partial charge in [-0.25, -0.2) is 14.2 Å². The van der Waals surface area contributed by atoms with Gasteiger partial charge in [0.2, 0.25) is 0 Å². The lowest BCUT2D eigenvalue weighted by molar-refractivity contribution is 0.0562. The van der Waals surface area contributed by atoms with Gasteiger partial charge in [-0.15, -0.1) is 0 Å². The van der Waals surface area contributed by atoms with E-state index in [0.29, 0.717) is 11.3 Å². The lowest BCUT2D eigenvalue weighted by atomic mass is 10.1. The molecule has 0 bridgehead atoms. The third-order valence-corrected chi connectivity index (χ3v) is 2.67. The van der Waals surface area contributed by atoms with Crippen molar-refractivity contribution in [1.82, 2.24) is 5.32 Å². The first-order valence-electron chi connectivity index (χ1n) is 7.48. The monoisotopic (exact) mass is 341 g/mol. The Kier molecular flexibility index (Phi) is 7.44. The lowest BCUT2D eigenvalue weighted by Gasteiger charge is -2.19. The van der Waals surface area contributed by atoms with Gasteiger partial charge < -0.3 is 20.3 Å². The van der Waals surface area contributed by atoms with Gasteiger partial charge in [0, 0.05) is 0 Å². The van der Waals surface area contributed by atoms with Crippen molar-refractivity contribution in [2.24, 2.45) is 10.7 Å². The highest BCUT2D eigenvalue weighted by Gasteiger charge is 2.16. The second kappa shape index (κ2) is 9.07. The summed E-state index contributed by atoms with van der Waals surface area (Å²) in [6, 6.07) is 6.54. The number of hydrogen-bond acceptors (Lipinski definition) is 5. The van der Waals surface area contributed by atoms with E-state index in [9.17, 15) is 14.3 Å². The minimum atomic E-state index is -0.904. The average molecular weight is 341 g/mol. The third kappa shape index (κ3) is 7.77. The number of aliphatic hydroxyl groups is 1. The van der Waals surface area contributed by atoms with E-state index < -0.39 is 24.5 Å². The fourth-order valence-electron chi connectivity index (χ4n) is 1.68. The number of aliphatic imine (C=N–C) groups is 1. The summed E-state index contributed by atoms with van der Waals surface area (Å²) >= 11 is 0. The maximum absolute atomic E-state index is 12.0. The fraction of sp³-hybridized carbons (Fsp3) is 0.500. The first kappa shape index (κ1) is 19.7. The van der Waals surface area contributed by atoms with Gasteiger partial charge in [-0.2, -0.15) is 0 Å². The van der Waals surface area contributed by atoms with Crippen molar-refractivity contribution in [3.8, 4) is 5.75 Å². The lowest BCUT2D eigenvalue weighted by Crippen LogP contribution is -2.40. The van der Waals surface area contributed by atoms with Crippen molar-refractivity contribution in [3.05, 3.63) is 29.8 Å². The van der Waals surface area contributed by atoms with E-state index in [1.54, 1.807) is 45.0 Å². The molecule has 0 aliphatic heterocycles. The van der Waals surface area contributed by atoms with Crippen LogP contribution in [0.4, 0.5) is 9.18 Å². The van der Waals surface area contributed by atoms with Crippen LogP contribution in [0.25, 0.3) is 0 Å². The van der Waals surface area contributed by atoms with Gasteiger partial charge in [0.25, 0.3) is 0 Å². The Labute approximate surface area is 140 Å². The van der Waals surface area contributed by atoms with Gasteiger partial charge in [0.1, 0.15) is 24.6 Å². The summed E-state index contributed by atoms with van der Waals surface area (Å²) < 4.78 is 22.2. The second-order valence-corrected chi connectivity index (χ2v) is 5.98. The van der Waals surface area contributed by atoms with E-state index in [0.717, 1.165) is 0 Å². The molecule has 0 aliphatic carbocycles. The molecule has 1 aromatic carbocycles. The highest BCUT2D eigenvalue weighted by atomic mass is 19.1. The molecule has 8 heteroatoms. The van der Waals surface area contributed by atoms with Crippen LogP contribution in [0.3, 0.4) is 0 Å². The van der Waals surface area contributed by atoms with Crippen LogP contribution in [0, 0.1) is 0 Å². The van der Waals surface area contributed by atoms with Crippen molar-refractivity contribution < 1.29 is 23.8 Å². The zero-order valence-corrected chi connectivity index (χ0v) is 14.1. The first-order valence-corrected chi connectivity index (χ1v) is 7.48. The second-order valence-electron chi connectivity index (χ2n) is 5.98.